The second-order valence-corrected chi connectivity index (χ2v) is 10.7. The Labute approximate surface area is 193 Å². The smallest absolute Gasteiger partial charge is 0.108 e. The molecule has 0 saturated carbocycles. The summed E-state index contributed by atoms with van der Waals surface area (Å²) < 4.78 is 2.52. The van der Waals surface area contributed by atoms with E-state index in [1.165, 1.54) is 22.4 Å². The highest BCUT2D eigenvalue weighted by Gasteiger charge is 2.27. The Morgan fingerprint density at radius 3 is 2.35 bits per heavy atom. The number of benzene rings is 2. The number of allylic oxidation sites excluding steroid dienone is 1. The SMILES string of the molecule is CCN(C/C=C/C#CC(C)(C)C)Cc1cccc(N([SiH3])C(C)(C)c2ccccc2C)c1. The Balaban J connectivity index is 2.12. The van der Waals surface area contributed by atoms with E-state index in [0.29, 0.717) is 0 Å². The fourth-order valence-electron chi connectivity index (χ4n) is 3.71. The van der Waals surface area contributed by atoms with Crippen LogP contribution in [0.2, 0.25) is 0 Å². The second-order valence-electron chi connectivity index (χ2n) is 9.85. The van der Waals surface area contributed by atoms with Gasteiger partial charge in [0.1, 0.15) is 10.4 Å². The number of aryl methyl sites for hydroxylation is 1. The molecule has 0 spiro atoms. The van der Waals surface area contributed by atoms with E-state index >= 15 is 0 Å². The molecule has 2 aromatic carbocycles. The Morgan fingerprint density at radius 1 is 1.00 bits per heavy atom. The zero-order valence-electron chi connectivity index (χ0n) is 20.8. The molecule has 0 heterocycles. The van der Waals surface area contributed by atoms with Crippen LogP contribution in [-0.2, 0) is 12.1 Å². The van der Waals surface area contributed by atoms with Crippen molar-refractivity contribution in [1.29, 1.82) is 0 Å². The largest absolute Gasteiger partial charge is 0.398 e. The van der Waals surface area contributed by atoms with E-state index in [2.05, 4.69) is 124 Å². The maximum Gasteiger partial charge on any atom is 0.108 e. The van der Waals surface area contributed by atoms with E-state index in [0.717, 1.165) is 30.0 Å². The number of anilines is 1. The first kappa shape index (κ1) is 25.0. The topological polar surface area (TPSA) is 6.48 Å². The molecule has 0 aliphatic heterocycles. The van der Waals surface area contributed by atoms with E-state index in [4.69, 9.17) is 0 Å². The summed E-state index contributed by atoms with van der Waals surface area (Å²) >= 11 is 0. The number of rotatable bonds is 8. The van der Waals surface area contributed by atoms with Gasteiger partial charge in [0.25, 0.3) is 0 Å². The van der Waals surface area contributed by atoms with E-state index in [-0.39, 0.29) is 11.0 Å². The van der Waals surface area contributed by atoms with E-state index < -0.39 is 0 Å². The van der Waals surface area contributed by atoms with Gasteiger partial charge in [0.15, 0.2) is 0 Å². The molecule has 2 nitrogen and oxygen atoms in total. The highest BCUT2D eigenvalue weighted by molar-refractivity contribution is 6.18. The first-order valence-corrected chi connectivity index (χ1v) is 12.2. The maximum absolute atomic E-state index is 3.26. The van der Waals surface area contributed by atoms with E-state index in [9.17, 15) is 0 Å². The average Bonchev–Trinajstić information content (AvgIpc) is 2.71. The van der Waals surface area contributed by atoms with Crippen LogP contribution >= 0.6 is 0 Å². The van der Waals surface area contributed by atoms with Crippen LogP contribution in [0.3, 0.4) is 0 Å². The molecule has 2 rings (SSSR count). The molecule has 0 atom stereocenters. The highest BCUT2D eigenvalue weighted by Crippen LogP contribution is 2.33. The predicted octanol–water partition coefficient (Wildman–Crippen LogP) is 5.44. The fourth-order valence-corrected chi connectivity index (χ4v) is 4.23. The number of nitrogens with zero attached hydrogens (tertiary/aromatic N) is 2. The van der Waals surface area contributed by atoms with Gasteiger partial charge in [-0.25, -0.2) is 0 Å². The summed E-state index contributed by atoms with van der Waals surface area (Å²) in [6.45, 7) is 18.4. The van der Waals surface area contributed by atoms with Gasteiger partial charge in [-0.1, -0.05) is 61.2 Å². The minimum absolute atomic E-state index is 0.0326. The normalized spacial score (nSPS) is 12.3. The van der Waals surface area contributed by atoms with Crippen molar-refractivity contribution in [3.05, 3.63) is 77.4 Å². The molecule has 0 fully saturated rings. The predicted molar refractivity (Wildman–Crippen MR) is 140 cm³/mol. The van der Waals surface area contributed by atoms with Gasteiger partial charge < -0.3 is 4.57 Å². The van der Waals surface area contributed by atoms with Crippen LogP contribution < -0.4 is 4.57 Å². The molecule has 0 saturated heterocycles. The first-order valence-electron chi connectivity index (χ1n) is 11.3. The Morgan fingerprint density at radius 2 is 1.71 bits per heavy atom. The molecule has 0 N–H and O–H groups in total. The lowest BCUT2D eigenvalue weighted by Crippen LogP contribution is -2.40. The number of hydrogen-bond donors (Lipinski definition) is 0. The van der Waals surface area contributed by atoms with Crippen molar-refractivity contribution in [1.82, 2.24) is 4.90 Å². The average molecular weight is 433 g/mol. The molecule has 0 radical (unpaired) electrons. The first-order chi connectivity index (χ1) is 14.5. The van der Waals surface area contributed by atoms with Crippen LogP contribution in [0.5, 0.6) is 0 Å². The molecular weight excluding hydrogens is 392 g/mol. The van der Waals surface area contributed by atoms with Gasteiger partial charge in [0, 0.05) is 24.2 Å². The lowest BCUT2D eigenvalue weighted by atomic mass is 9.90. The Kier molecular flexibility index (Phi) is 8.74. The summed E-state index contributed by atoms with van der Waals surface area (Å²) in [5, 5.41) is 0. The lowest BCUT2D eigenvalue weighted by Gasteiger charge is -2.40. The molecule has 0 bridgehead atoms. The molecule has 3 heteroatoms. The number of likely N-dealkylation sites (N-methyl/N-ethyl adjacent to an activating group) is 1. The molecule has 0 unspecified atom stereocenters. The zero-order valence-corrected chi connectivity index (χ0v) is 22.8. The van der Waals surface area contributed by atoms with Gasteiger partial charge >= 0.3 is 0 Å². The van der Waals surface area contributed by atoms with Crippen molar-refractivity contribution in [3.8, 4) is 11.8 Å². The minimum Gasteiger partial charge on any atom is -0.398 e. The molecule has 0 aromatic heterocycles. The van der Waals surface area contributed by atoms with Gasteiger partial charge in [-0.15, -0.1) is 0 Å². The summed E-state index contributed by atoms with van der Waals surface area (Å²) in [6.07, 6.45) is 4.17. The van der Waals surface area contributed by atoms with Crippen LogP contribution in [0.15, 0.2) is 60.7 Å². The fraction of sp³-hybridized carbons (Fsp3) is 0.429. The van der Waals surface area contributed by atoms with Crippen molar-refractivity contribution >= 4 is 16.1 Å². The van der Waals surface area contributed by atoms with Crippen molar-refractivity contribution in [2.75, 3.05) is 17.7 Å². The van der Waals surface area contributed by atoms with Crippen molar-refractivity contribution in [3.63, 3.8) is 0 Å². The van der Waals surface area contributed by atoms with Crippen LogP contribution in [0.4, 0.5) is 5.69 Å². The molecular formula is C28H40N2Si. The summed E-state index contributed by atoms with van der Waals surface area (Å²) in [5.41, 5.74) is 5.43. The molecule has 0 amide bonds. The summed E-state index contributed by atoms with van der Waals surface area (Å²) in [6, 6.07) is 17.8. The maximum atomic E-state index is 3.26. The quantitative estimate of drug-likeness (QED) is 0.404. The van der Waals surface area contributed by atoms with Gasteiger partial charge in [0.05, 0.1) is 5.54 Å². The second kappa shape index (κ2) is 10.8. The third kappa shape index (κ3) is 7.42. The monoisotopic (exact) mass is 432 g/mol. The van der Waals surface area contributed by atoms with Crippen LogP contribution in [0, 0.1) is 24.2 Å². The molecule has 166 valence electrons. The molecule has 31 heavy (non-hydrogen) atoms. The molecule has 0 aliphatic carbocycles. The third-order valence-corrected chi connectivity index (χ3v) is 7.44. The minimum atomic E-state index is -0.0326. The van der Waals surface area contributed by atoms with Crippen LogP contribution in [-0.4, -0.2) is 28.4 Å². The van der Waals surface area contributed by atoms with Crippen molar-refractivity contribution in [2.45, 2.75) is 60.5 Å². The van der Waals surface area contributed by atoms with Crippen molar-refractivity contribution < 1.29 is 0 Å². The van der Waals surface area contributed by atoms with Gasteiger partial charge in [0.2, 0.25) is 0 Å². The van der Waals surface area contributed by atoms with Crippen molar-refractivity contribution in [2.24, 2.45) is 5.41 Å². The standard InChI is InChI=1S/C28H40N2Si/c1-8-29(20-13-9-12-19-27(3,4)5)22-24-16-14-17-25(21-24)30(31)28(6,7)26-18-11-10-15-23(26)2/h9-11,13-18,21H,8,20,22H2,1-7,31H3/b13-9+. The highest BCUT2D eigenvalue weighted by atomic mass is 28.2. The van der Waals surface area contributed by atoms with Gasteiger partial charge in [-0.2, -0.15) is 0 Å². The zero-order chi connectivity index (χ0) is 23.1. The molecule has 2 aromatic rings. The van der Waals surface area contributed by atoms with E-state index in [1.807, 2.05) is 6.08 Å². The lowest BCUT2D eigenvalue weighted by molar-refractivity contribution is 0.311. The van der Waals surface area contributed by atoms with E-state index in [1.54, 1.807) is 0 Å². The third-order valence-electron chi connectivity index (χ3n) is 5.81. The Hall–Kier alpha value is -2.28. The van der Waals surface area contributed by atoms with Gasteiger partial charge in [-0.05, 0) is 83.0 Å². The van der Waals surface area contributed by atoms with Gasteiger partial charge in [-0.3, -0.25) is 4.90 Å². The van der Waals surface area contributed by atoms with Crippen LogP contribution in [0.25, 0.3) is 0 Å². The Bertz CT molecular complexity index is 941. The summed E-state index contributed by atoms with van der Waals surface area (Å²) in [4.78, 5) is 2.44. The summed E-state index contributed by atoms with van der Waals surface area (Å²) in [7, 11) is 0.957. The molecule has 0 aliphatic rings. The number of hydrogen-bond acceptors (Lipinski definition) is 2. The summed E-state index contributed by atoms with van der Waals surface area (Å²) in [5.74, 6) is 6.43. The van der Waals surface area contributed by atoms with Crippen LogP contribution in [0.1, 0.15) is 58.2 Å².